The molecule has 2 aromatic carbocycles. The summed E-state index contributed by atoms with van der Waals surface area (Å²) in [6.07, 6.45) is 0. The van der Waals surface area contributed by atoms with Crippen LogP contribution in [0.5, 0.6) is 0 Å². The van der Waals surface area contributed by atoms with E-state index < -0.39 is 5.97 Å². The first-order valence-electron chi connectivity index (χ1n) is 6.79. The summed E-state index contributed by atoms with van der Waals surface area (Å²) >= 11 is 0. The third-order valence-electron chi connectivity index (χ3n) is 3.42. The van der Waals surface area contributed by atoms with Crippen molar-refractivity contribution in [2.75, 3.05) is 0 Å². The molecule has 0 saturated carbocycles. The van der Waals surface area contributed by atoms with E-state index in [4.69, 9.17) is 5.11 Å². The van der Waals surface area contributed by atoms with Crippen molar-refractivity contribution in [1.82, 2.24) is 20.2 Å². The summed E-state index contributed by atoms with van der Waals surface area (Å²) in [5.41, 5.74) is 3.27. The van der Waals surface area contributed by atoms with Gasteiger partial charge < -0.3 is 5.11 Å². The first kappa shape index (κ1) is 13.9. The Morgan fingerprint density at radius 3 is 2.55 bits per heavy atom. The Kier molecular flexibility index (Phi) is 3.65. The molecule has 22 heavy (non-hydrogen) atoms. The maximum Gasteiger partial charge on any atom is 0.335 e. The molecular weight excluding hydrogens is 280 g/mol. The molecule has 0 amide bonds. The van der Waals surface area contributed by atoms with Crippen LogP contribution in [-0.4, -0.2) is 31.3 Å². The number of nitrogens with zero attached hydrogens (tertiary/aromatic N) is 4. The molecule has 6 nitrogen and oxygen atoms in total. The molecule has 0 fully saturated rings. The average Bonchev–Trinajstić information content (AvgIpc) is 2.98. The number of rotatable bonds is 4. The lowest BCUT2D eigenvalue weighted by Gasteiger charge is -2.03. The number of hydrogen-bond acceptors (Lipinski definition) is 4. The molecule has 6 heteroatoms. The van der Waals surface area contributed by atoms with Crippen molar-refractivity contribution in [3.8, 4) is 11.4 Å². The largest absolute Gasteiger partial charge is 0.478 e. The van der Waals surface area contributed by atoms with Gasteiger partial charge >= 0.3 is 5.97 Å². The minimum atomic E-state index is -0.956. The second-order valence-electron chi connectivity index (χ2n) is 4.95. The van der Waals surface area contributed by atoms with Gasteiger partial charge in [0.2, 0.25) is 5.82 Å². The van der Waals surface area contributed by atoms with Crippen LogP contribution in [0.3, 0.4) is 0 Å². The Hall–Kier alpha value is -3.02. The Labute approximate surface area is 127 Å². The SMILES string of the molecule is Cc1ccccc1Cn1nnc(-c2ccc(C(=O)O)cc2)n1. The van der Waals surface area contributed by atoms with Gasteiger partial charge in [-0.1, -0.05) is 36.4 Å². The fraction of sp³-hybridized carbons (Fsp3) is 0.125. The van der Waals surface area contributed by atoms with E-state index in [0.29, 0.717) is 12.4 Å². The van der Waals surface area contributed by atoms with Gasteiger partial charge in [0, 0.05) is 5.56 Å². The summed E-state index contributed by atoms with van der Waals surface area (Å²) in [5.74, 6) is -0.478. The van der Waals surface area contributed by atoms with Crippen molar-refractivity contribution >= 4 is 5.97 Å². The molecule has 1 heterocycles. The first-order chi connectivity index (χ1) is 10.6. The van der Waals surface area contributed by atoms with Gasteiger partial charge in [-0.15, -0.1) is 10.2 Å². The van der Waals surface area contributed by atoms with E-state index in [9.17, 15) is 4.79 Å². The van der Waals surface area contributed by atoms with Crippen molar-refractivity contribution in [2.24, 2.45) is 0 Å². The smallest absolute Gasteiger partial charge is 0.335 e. The first-order valence-corrected chi connectivity index (χ1v) is 6.79. The quantitative estimate of drug-likeness (QED) is 0.799. The van der Waals surface area contributed by atoms with Gasteiger partial charge in [-0.2, -0.15) is 4.80 Å². The summed E-state index contributed by atoms with van der Waals surface area (Å²) in [7, 11) is 0. The maximum atomic E-state index is 10.8. The average molecular weight is 294 g/mol. The van der Waals surface area contributed by atoms with Gasteiger partial charge in [0.15, 0.2) is 0 Å². The van der Waals surface area contributed by atoms with Crippen LogP contribution < -0.4 is 0 Å². The predicted octanol–water partition coefficient (Wildman–Crippen LogP) is 2.40. The van der Waals surface area contributed by atoms with Gasteiger partial charge in [0.1, 0.15) is 0 Å². The van der Waals surface area contributed by atoms with Crippen LogP contribution in [-0.2, 0) is 6.54 Å². The number of carboxylic acid groups (broad SMARTS) is 1. The summed E-state index contributed by atoms with van der Waals surface area (Å²) in [6.45, 7) is 2.59. The van der Waals surface area contributed by atoms with Crippen molar-refractivity contribution in [1.29, 1.82) is 0 Å². The Bertz CT molecular complexity index is 809. The fourth-order valence-electron chi connectivity index (χ4n) is 2.13. The van der Waals surface area contributed by atoms with Gasteiger partial charge in [0.25, 0.3) is 0 Å². The van der Waals surface area contributed by atoms with Crippen molar-refractivity contribution in [3.63, 3.8) is 0 Å². The monoisotopic (exact) mass is 294 g/mol. The number of aryl methyl sites for hydroxylation is 1. The van der Waals surface area contributed by atoms with E-state index in [-0.39, 0.29) is 5.56 Å². The highest BCUT2D eigenvalue weighted by Crippen LogP contribution is 2.15. The minimum Gasteiger partial charge on any atom is -0.478 e. The van der Waals surface area contributed by atoms with E-state index in [1.54, 1.807) is 12.1 Å². The number of tetrazole rings is 1. The Morgan fingerprint density at radius 1 is 1.14 bits per heavy atom. The molecule has 0 radical (unpaired) electrons. The van der Waals surface area contributed by atoms with Gasteiger partial charge in [0.05, 0.1) is 12.1 Å². The highest BCUT2D eigenvalue weighted by Gasteiger charge is 2.09. The van der Waals surface area contributed by atoms with E-state index >= 15 is 0 Å². The molecule has 0 spiro atoms. The van der Waals surface area contributed by atoms with Crippen LogP contribution in [0.1, 0.15) is 21.5 Å². The number of hydrogen-bond donors (Lipinski definition) is 1. The minimum absolute atomic E-state index is 0.232. The maximum absolute atomic E-state index is 10.8. The zero-order valence-electron chi connectivity index (χ0n) is 12.0. The number of aromatic carboxylic acids is 1. The Balaban J connectivity index is 1.81. The lowest BCUT2D eigenvalue weighted by molar-refractivity contribution is 0.0697. The third-order valence-corrected chi connectivity index (χ3v) is 3.42. The second kappa shape index (κ2) is 5.77. The predicted molar refractivity (Wildman–Crippen MR) is 80.5 cm³/mol. The van der Waals surface area contributed by atoms with E-state index in [1.165, 1.54) is 22.5 Å². The zero-order valence-corrected chi connectivity index (χ0v) is 12.0. The highest BCUT2D eigenvalue weighted by molar-refractivity contribution is 5.88. The number of aromatic nitrogens is 4. The van der Waals surface area contributed by atoms with E-state index in [0.717, 1.165) is 11.1 Å². The van der Waals surface area contributed by atoms with Crippen LogP contribution in [0.25, 0.3) is 11.4 Å². The number of carboxylic acids is 1. The molecule has 1 aromatic heterocycles. The lowest BCUT2D eigenvalue weighted by Crippen LogP contribution is -2.05. The van der Waals surface area contributed by atoms with Crippen LogP contribution >= 0.6 is 0 Å². The second-order valence-corrected chi connectivity index (χ2v) is 4.95. The normalized spacial score (nSPS) is 10.6. The third kappa shape index (κ3) is 2.85. The van der Waals surface area contributed by atoms with Crippen molar-refractivity contribution in [3.05, 3.63) is 65.2 Å². The van der Waals surface area contributed by atoms with Gasteiger partial charge in [-0.3, -0.25) is 0 Å². The van der Waals surface area contributed by atoms with Crippen LogP contribution in [0.4, 0.5) is 0 Å². The standard InChI is InChI=1S/C16H14N4O2/c1-11-4-2-3-5-14(11)10-20-18-15(17-19-20)12-6-8-13(9-7-12)16(21)22/h2-9H,10H2,1H3,(H,21,22). The van der Waals surface area contributed by atoms with Crippen LogP contribution in [0, 0.1) is 6.92 Å². The van der Waals surface area contributed by atoms with E-state index in [1.807, 2.05) is 31.2 Å². The zero-order chi connectivity index (χ0) is 15.5. The topological polar surface area (TPSA) is 80.9 Å². The number of carbonyl (C=O) groups is 1. The molecule has 0 unspecified atom stereocenters. The van der Waals surface area contributed by atoms with Gasteiger partial charge in [-0.05, 0) is 35.4 Å². The van der Waals surface area contributed by atoms with Gasteiger partial charge in [-0.25, -0.2) is 4.79 Å². The number of benzene rings is 2. The molecule has 3 aromatic rings. The summed E-state index contributed by atoms with van der Waals surface area (Å²) in [4.78, 5) is 12.4. The van der Waals surface area contributed by atoms with Crippen molar-refractivity contribution < 1.29 is 9.90 Å². The molecule has 110 valence electrons. The molecule has 0 aliphatic heterocycles. The van der Waals surface area contributed by atoms with Crippen LogP contribution in [0.2, 0.25) is 0 Å². The molecule has 0 atom stereocenters. The van der Waals surface area contributed by atoms with Crippen LogP contribution in [0.15, 0.2) is 48.5 Å². The fourth-order valence-corrected chi connectivity index (χ4v) is 2.13. The molecular formula is C16H14N4O2. The molecule has 0 bridgehead atoms. The summed E-state index contributed by atoms with van der Waals surface area (Å²) < 4.78 is 0. The summed E-state index contributed by atoms with van der Waals surface area (Å²) in [6, 6.07) is 14.4. The molecule has 1 N–H and O–H groups in total. The lowest BCUT2D eigenvalue weighted by atomic mass is 10.1. The van der Waals surface area contributed by atoms with Crippen molar-refractivity contribution in [2.45, 2.75) is 13.5 Å². The molecule has 0 saturated heterocycles. The highest BCUT2D eigenvalue weighted by atomic mass is 16.4. The Morgan fingerprint density at radius 2 is 1.86 bits per heavy atom. The molecule has 3 rings (SSSR count). The van der Waals surface area contributed by atoms with E-state index in [2.05, 4.69) is 15.4 Å². The molecule has 0 aliphatic rings. The molecule has 0 aliphatic carbocycles. The summed E-state index contributed by atoms with van der Waals surface area (Å²) in [5, 5.41) is 21.3.